The molecule has 2 N–H and O–H groups in total. The molecule has 0 heterocycles. The molecule has 0 aliphatic rings. The first-order valence-corrected chi connectivity index (χ1v) is 8.62. The van der Waals surface area contributed by atoms with E-state index in [1.807, 2.05) is 0 Å². The molecular weight excluding hydrogens is 404 g/mol. The van der Waals surface area contributed by atoms with Gasteiger partial charge in [-0.2, -0.15) is 5.26 Å². The quantitative estimate of drug-likeness (QED) is 0.446. The van der Waals surface area contributed by atoms with Gasteiger partial charge in [0.05, 0.1) is 5.56 Å². The molecule has 0 bridgehead atoms. The Morgan fingerprint density at radius 2 is 2.10 bits per heavy atom. The van der Waals surface area contributed by atoms with Crippen LogP contribution in [-0.4, -0.2) is 25.0 Å². The van der Waals surface area contributed by atoms with Crippen molar-refractivity contribution >= 4 is 23.4 Å². The van der Waals surface area contributed by atoms with Crippen LogP contribution in [0.15, 0.2) is 66.3 Å². The molecule has 0 radical (unpaired) electrons. The number of nitrogens with zero attached hydrogens (tertiary/aromatic N) is 1. The Morgan fingerprint density at radius 1 is 1.38 bits per heavy atom. The van der Waals surface area contributed by atoms with Crippen LogP contribution in [-0.2, 0) is 9.53 Å². The molecule has 6 nitrogen and oxygen atoms in total. The summed E-state index contributed by atoms with van der Waals surface area (Å²) in [7, 11) is 0. The van der Waals surface area contributed by atoms with Gasteiger partial charge in [0.25, 0.3) is 11.8 Å². The van der Waals surface area contributed by atoms with E-state index in [1.54, 1.807) is 6.07 Å². The molecule has 0 aromatic heterocycles. The van der Waals surface area contributed by atoms with Crippen LogP contribution in [0, 0.1) is 17.1 Å². The fourth-order valence-electron chi connectivity index (χ4n) is 1.92. The zero-order valence-electron chi connectivity index (χ0n) is 15.3. The second-order valence-corrected chi connectivity index (χ2v) is 5.72. The number of amides is 2. The maximum atomic E-state index is 13.6. The van der Waals surface area contributed by atoms with Crippen LogP contribution < -0.4 is 10.6 Å². The Kier molecular flexibility index (Phi) is 9.85. The molecule has 0 atom stereocenters. The lowest BCUT2D eigenvalue weighted by atomic mass is 10.1. The number of halogens is 3. The van der Waals surface area contributed by atoms with Crippen molar-refractivity contribution in [2.45, 2.75) is 6.42 Å². The van der Waals surface area contributed by atoms with E-state index in [1.165, 1.54) is 18.2 Å². The van der Waals surface area contributed by atoms with Crippen LogP contribution in [0.5, 0.6) is 0 Å². The van der Waals surface area contributed by atoms with E-state index in [0.717, 1.165) is 12.1 Å². The number of rotatable bonds is 10. The van der Waals surface area contributed by atoms with Gasteiger partial charge < -0.3 is 15.4 Å². The largest absolute Gasteiger partial charge is 0.484 e. The molecule has 1 aromatic rings. The Bertz CT molecular complexity index is 905. The SMILES string of the molecule is C=C/C(=C\C(F)=C\Cl)OCC(=O)NCCC(=C)NC(=O)c1ccc(C#N)c(F)c1. The number of ether oxygens (including phenoxy) is 1. The van der Waals surface area contributed by atoms with Crippen molar-refractivity contribution in [1.29, 1.82) is 5.26 Å². The Hall–Kier alpha value is -3.44. The lowest BCUT2D eigenvalue weighted by molar-refractivity contribution is -0.124. The highest BCUT2D eigenvalue weighted by atomic mass is 35.5. The summed E-state index contributed by atoms with van der Waals surface area (Å²) in [6.45, 7) is 6.85. The van der Waals surface area contributed by atoms with Gasteiger partial charge in [-0.1, -0.05) is 24.8 Å². The van der Waals surface area contributed by atoms with Crippen LogP contribution >= 0.6 is 11.6 Å². The van der Waals surface area contributed by atoms with Gasteiger partial charge in [0, 0.05) is 35.8 Å². The molecule has 2 amide bonds. The minimum Gasteiger partial charge on any atom is -0.484 e. The van der Waals surface area contributed by atoms with Gasteiger partial charge in [0.2, 0.25) is 0 Å². The summed E-state index contributed by atoms with van der Waals surface area (Å²) in [6, 6.07) is 5.13. The van der Waals surface area contributed by atoms with Gasteiger partial charge >= 0.3 is 0 Å². The zero-order valence-corrected chi connectivity index (χ0v) is 16.1. The van der Waals surface area contributed by atoms with Gasteiger partial charge in [0.1, 0.15) is 23.5 Å². The fraction of sp³-hybridized carbons (Fsp3) is 0.150. The molecule has 0 saturated carbocycles. The average molecular weight is 422 g/mol. The number of carbonyl (C=O) groups excluding carboxylic acids is 2. The maximum Gasteiger partial charge on any atom is 0.257 e. The highest BCUT2D eigenvalue weighted by molar-refractivity contribution is 6.25. The molecule has 0 unspecified atom stereocenters. The molecule has 0 fully saturated rings. The summed E-state index contributed by atoms with van der Waals surface area (Å²) in [5.74, 6) is -2.60. The monoisotopic (exact) mass is 421 g/mol. The number of nitriles is 1. The standard InChI is InChI=1S/C20H18ClF2N3O3/c1-3-17(9-16(22)10-21)29-12-19(27)25-7-6-13(2)26-20(28)14-4-5-15(11-24)18(23)8-14/h3-5,8-10H,1-2,6-7,12H2,(H,25,27)(H,26,28)/b16-10-,17-9+. The second-order valence-electron chi connectivity index (χ2n) is 5.50. The third-order valence-corrected chi connectivity index (χ3v) is 3.55. The summed E-state index contributed by atoms with van der Waals surface area (Å²) in [5, 5.41) is 13.7. The van der Waals surface area contributed by atoms with Gasteiger partial charge in [-0.15, -0.1) is 0 Å². The predicted molar refractivity (Wildman–Crippen MR) is 105 cm³/mol. The first kappa shape index (κ1) is 23.6. The molecule has 0 aliphatic heterocycles. The van der Waals surface area contributed by atoms with Crippen LogP contribution in [0.1, 0.15) is 22.3 Å². The topological polar surface area (TPSA) is 91.2 Å². The molecule has 152 valence electrons. The van der Waals surface area contributed by atoms with E-state index in [4.69, 9.17) is 21.6 Å². The highest BCUT2D eigenvalue weighted by Gasteiger charge is 2.11. The predicted octanol–water partition coefficient (Wildman–Crippen LogP) is 3.58. The molecule has 1 rings (SSSR count). The summed E-state index contributed by atoms with van der Waals surface area (Å²) >= 11 is 5.19. The molecule has 0 spiro atoms. The fourth-order valence-corrected chi connectivity index (χ4v) is 1.98. The van der Waals surface area contributed by atoms with Crippen molar-refractivity contribution in [3.05, 3.63) is 83.3 Å². The lowest BCUT2D eigenvalue weighted by Gasteiger charge is -2.10. The lowest BCUT2D eigenvalue weighted by Crippen LogP contribution is -2.30. The van der Waals surface area contributed by atoms with E-state index in [0.29, 0.717) is 11.2 Å². The number of hydrogen-bond donors (Lipinski definition) is 2. The van der Waals surface area contributed by atoms with Gasteiger partial charge in [-0.25, -0.2) is 8.78 Å². The van der Waals surface area contributed by atoms with Gasteiger partial charge in [-0.3, -0.25) is 9.59 Å². The minimum absolute atomic E-state index is 0.0286. The van der Waals surface area contributed by atoms with Crippen molar-refractivity contribution in [3.63, 3.8) is 0 Å². The van der Waals surface area contributed by atoms with Crippen LogP contribution in [0.4, 0.5) is 8.78 Å². The summed E-state index contributed by atoms with van der Waals surface area (Å²) in [5.41, 5.74) is 0.865. The first-order chi connectivity index (χ1) is 13.8. The van der Waals surface area contributed by atoms with E-state index in [9.17, 15) is 18.4 Å². The summed E-state index contributed by atoms with van der Waals surface area (Å²) < 4.78 is 31.7. The summed E-state index contributed by atoms with van der Waals surface area (Å²) in [6.07, 6.45) is 2.40. The molecule has 0 saturated heterocycles. The number of benzene rings is 1. The number of carbonyl (C=O) groups is 2. The Morgan fingerprint density at radius 3 is 2.69 bits per heavy atom. The number of nitrogens with one attached hydrogen (secondary N) is 2. The third-order valence-electron chi connectivity index (χ3n) is 3.35. The molecule has 0 aliphatic carbocycles. The van der Waals surface area contributed by atoms with Crippen molar-refractivity contribution in [3.8, 4) is 6.07 Å². The van der Waals surface area contributed by atoms with Gasteiger partial charge in [-0.05, 0) is 24.3 Å². The normalized spacial score (nSPS) is 11.2. The second kappa shape index (κ2) is 12.1. The van der Waals surface area contributed by atoms with Gasteiger partial charge in [0.15, 0.2) is 6.61 Å². The molecular formula is C20H18ClF2N3O3. The third kappa shape index (κ3) is 8.41. The zero-order chi connectivity index (χ0) is 21.8. The van der Waals surface area contributed by atoms with Crippen molar-refractivity contribution in [2.24, 2.45) is 0 Å². The van der Waals surface area contributed by atoms with E-state index in [2.05, 4.69) is 23.8 Å². The molecule has 9 heteroatoms. The number of allylic oxidation sites excluding steroid dienone is 3. The highest BCUT2D eigenvalue weighted by Crippen LogP contribution is 2.10. The Balaban J connectivity index is 2.41. The Labute approximate surface area is 171 Å². The van der Waals surface area contributed by atoms with Crippen LogP contribution in [0.3, 0.4) is 0 Å². The minimum atomic E-state index is -0.799. The van der Waals surface area contributed by atoms with Crippen molar-refractivity contribution in [2.75, 3.05) is 13.2 Å². The van der Waals surface area contributed by atoms with E-state index in [-0.39, 0.29) is 36.5 Å². The smallest absolute Gasteiger partial charge is 0.257 e. The van der Waals surface area contributed by atoms with E-state index < -0.39 is 23.5 Å². The van der Waals surface area contributed by atoms with Crippen LogP contribution in [0.2, 0.25) is 0 Å². The van der Waals surface area contributed by atoms with E-state index >= 15 is 0 Å². The van der Waals surface area contributed by atoms with Crippen LogP contribution in [0.25, 0.3) is 0 Å². The molecule has 29 heavy (non-hydrogen) atoms. The first-order valence-electron chi connectivity index (χ1n) is 8.19. The number of hydrogen-bond acceptors (Lipinski definition) is 4. The van der Waals surface area contributed by atoms with Crippen molar-refractivity contribution in [1.82, 2.24) is 10.6 Å². The summed E-state index contributed by atoms with van der Waals surface area (Å²) in [4.78, 5) is 23.8. The molecule has 1 aromatic carbocycles. The maximum absolute atomic E-state index is 13.6. The average Bonchev–Trinajstić information content (AvgIpc) is 2.70. The van der Waals surface area contributed by atoms with Crippen molar-refractivity contribution < 1.29 is 23.1 Å².